The molecule has 4 atom stereocenters. The van der Waals surface area contributed by atoms with Gasteiger partial charge < -0.3 is 14.8 Å². The number of hydrogen-bond acceptors (Lipinski definition) is 7. The molecular weight excluding hydrogens is 523 g/mol. The summed E-state index contributed by atoms with van der Waals surface area (Å²) in [5.41, 5.74) is 4.81. The number of carbonyl (C=O) groups is 2. The van der Waals surface area contributed by atoms with Crippen molar-refractivity contribution < 1.29 is 24.4 Å². The number of rotatable bonds is 7. The maximum absolute atomic E-state index is 13.7. The van der Waals surface area contributed by atoms with Crippen LogP contribution in [0.5, 0.6) is 5.75 Å². The summed E-state index contributed by atoms with van der Waals surface area (Å²) in [5.74, 6) is -1.13. The molecule has 2 fully saturated rings. The number of hydrogen-bond donors (Lipinski definition) is 2. The van der Waals surface area contributed by atoms with E-state index in [1.807, 2.05) is 54.8 Å². The number of carbonyl (C=O) groups excluding carboxylic acids is 2. The fraction of sp³-hybridized carbons (Fsp3) is 0.323. The number of imide groups is 1. The molecule has 2 aliphatic heterocycles. The Labute approximate surface area is 238 Å². The van der Waals surface area contributed by atoms with Crippen LogP contribution in [0.4, 0.5) is 0 Å². The number of amides is 2. The third-order valence-electron chi connectivity index (χ3n) is 8.32. The van der Waals surface area contributed by atoms with E-state index in [0.29, 0.717) is 32.1 Å². The van der Waals surface area contributed by atoms with Crippen LogP contribution >= 0.6 is 11.3 Å². The number of likely N-dealkylation sites (tertiary alicyclic amines) is 1. The van der Waals surface area contributed by atoms with Crippen LogP contribution in [0, 0.1) is 17.8 Å². The predicted molar refractivity (Wildman–Crippen MR) is 155 cm³/mol. The average Bonchev–Trinajstić information content (AvgIpc) is 3.54. The largest absolute Gasteiger partial charge is 0.508 e. The molecule has 1 aromatic carbocycles. The number of aromatic nitrogens is 1. The van der Waals surface area contributed by atoms with Gasteiger partial charge in [0, 0.05) is 11.1 Å². The van der Waals surface area contributed by atoms with Crippen molar-refractivity contribution in [2.75, 3.05) is 0 Å². The first-order valence-corrected chi connectivity index (χ1v) is 14.6. The quantitative estimate of drug-likeness (QED) is 0.237. The molecule has 3 aromatic rings. The first-order chi connectivity index (χ1) is 19.4. The summed E-state index contributed by atoms with van der Waals surface area (Å²) in [7, 11) is -1.01. The number of allylic oxidation sites excluding steroid dienone is 2. The van der Waals surface area contributed by atoms with E-state index >= 15 is 0 Å². The van der Waals surface area contributed by atoms with Crippen molar-refractivity contribution >= 4 is 41.9 Å². The van der Waals surface area contributed by atoms with Gasteiger partial charge in [0.25, 0.3) is 0 Å². The predicted octanol–water partition coefficient (Wildman–Crippen LogP) is 5.19. The van der Waals surface area contributed by atoms with E-state index in [4.69, 9.17) is 4.65 Å². The van der Waals surface area contributed by atoms with Crippen LogP contribution in [0.25, 0.3) is 11.6 Å². The van der Waals surface area contributed by atoms with E-state index in [0.717, 1.165) is 32.9 Å². The second-order valence-corrected chi connectivity index (χ2v) is 11.9. The molecule has 2 saturated heterocycles. The minimum atomic E-state index is -1.01. The maximum Gasteiger partial charge on any atom is 0.455 e. The van der Waals surface area contributed by atoms with Crippen molar-refractivity contribution in [1.82, 2.24) is 9.88 Å². The molecular formula is C31H31BN2O5S. The fourth-order valence-electron chi connectivity index (χ4n) is 6.63. The van der Waals surface area contributed by atoms with E-state index in [9.17, 15) is 19.7 Å². The van der Waals surface area contributed by atoms with Gasteiger partial charge >= 0.3 is 7.12 Å². The first-order valence-electron chi connectivity index (χ1n) is 13.7. The Morgan fingerprint density at radius 3 is 2.77 bits per heavy atom. The van der Waals surface area contributed by atoms with Crippen LogP contribution in [0.3, 0.4) is 0 Å². The standard InChI is InChI=1S/C31H31BN2O5S/c1-19-14-24-29(31(37)34(30(24)36)18-23-8-5-13-40-23)25-17-32(38)39-27(28(19)25)11-10-21(26-9-2-3-12-33-26)15-20-6-4-7-22(35)16-20/h2-9,12-13,15-16,24-25,27,29,35,38H,10-11,14,17-18H2,1H3/b21-15-/t24-,25+,27-,29-/m1/s1. The highest BCUT2D eigenvalue weighted by Crippen LogP contribution is 2.50. The number of aromatic hydroxyl groups is 1. The van der Waals surface area contributed by atoms with Crippen molar-refractivity contribution in [3.8, 4) is 5.75 Å². The van der Waals surface area contributed by atoms with E-state index in [2.05, 4.69) is 4.98 Å². The highest BCUT2D eigenvalue weighted by molar-refractivity contribution is 7.09. The second kappa shape index (κ2) is 11.2. The molecule has 4 heterocycles. The second-order valence-electron chi connectivity index (χ2n) is 10.9. The molecule has 1 aliphatic carbocycles. The average molecular weight is 554 g/mol. The van der Waals surface area contributed by atoms with Gasteiger partial charge in [0.1, 0.15) is 5.75 Å². The monoisotopic (exact) mass is 554 g/mol. The lowest BCUT2D eigenvalue weighted by molar-refractivity contribution is -0.140. The number of phenols is 1. The van der Waals surface area contributed by atoms with Crippen molar-refractivity contribution in [2.45, 2.75) is 45.2 Å². The molecule has 40 heavy (non-hydrogen) atoms. The van der Waals surface area contributed by atoms with Crippen LogP contribution in [0.1, 0.15) is 42.3 Å². The van der Waals surface area contributed by atoms with E-state index in [-0.39, 0.29) is 35.5 Å². The van der Waals surface area contributed by atoms with Gasteiger partial charge in [0.15, 0.2) is 0 Å². The number of pyridine rings is 1. The summed E-state index contributed by atoms with van der Waals surface area (Å²) in [5, 5.41) is 22.7. The van der Waals surface area contributed by atoms with Gasteiger partial charge in [-0.05, 0) is 96.9 Å². The van der Waals surface area contributed by atoms with Gasteiger partial charge in [-0.2, -0.15) is 0 Å². The van der Waals surface area contributed by atoms with Gasteiger partial charge in [-0.15, -0.1) is 11.3 Å². The highest BCUT2D eigenvalue weighted by Gasteiger charge is 2.56. The van der Waals surface area contributed by atoms with E-state index in [1.54, 1.807) is 24.4 Å². The summed E-state index contributed by atoms with van der Waals surface area (Å²) in [6.45, 7) is 2.34. The molecule has 6 rings (SSSR count). The van der Waals surface area contributed by atoms with E-state index in [1.165, 1.54) is 16.2 Å². The Kier molecular flexibility index (Phi) is 7.44. The molecule has 0 saturated carbocycles. The molecule has 0 radical (unpaired) electrons. The maximum atomic E-state index is 13.7. The molecule has 9 heteroatoms. The molecule has 0 bridgehead atoms. The summed E-state index contributed by atoms with van der Waals surface area (Å²) in [6, 6.07) is 16.7. The first kappa shape index (κ1) is 26.7. The van der Waals surface area contributed by atoms with Crippen LogP contribution in [0.15, 0.2) is 77.3 Å². The summed E-state index contributed by atoms with van der Waals surface area (Å²) in [4.78, 5) is 34.0. The Morgan fingerprint density at radius 1 is 1.15 bits per heavy atom. The summed E-state index contributed by atoms with van der Waals surface area (Å²) in [6.07, 6.45) is 5.42. The van der Waals surface area contributed by atoms with Gasteiger partial charge in [0.2, 0.25) is 11.8 Å². The van der Waals surface area contributed by atoms with Gasteiger partial charge in [-0.3, -0.25) is 19.5 Å². The summed E-state index contributed by atoms with van der Waals surface area (Å²) < 4.78 is 6.11. The van der Waals surface area contributed by atoms with Gasteiger partial charge in [0.05, 0.1) is 30.2 Å². The molecule has 7 nitrogen and oxygen atoms in total. The Morgan fingerprint density at radius 2 is 2.02 bits per heavy atom. The van der Waals surface area contributed by atoms with Crippen LogP contribution in [0.2, 0.25) is 6.32 Å². The zero-order valence-corrected chi connectivity index (χ0v) is 23.1. The Hall–Kier alpha value is -3.53. The molecule has 2 aromatic heterocycles. The molecule has 2 amide bonds. The number of phenolic OH excluding ortho intramolecular Hbond substituents is 1. The van der Waals surface area contributed by atoms with Gasteiger partial charge in [-0.25, -0.2) is 0 Å². The van der Waals surface area contributed by atoms with Crippen LogP contribution < -0.4 is 0 Å². The lowest BCUT2D eigenvalue weighted by Crippen LogP contribution is -2.46. The number of thiophene rings is 1. The molecule has 0 unspecified atom stereocenters. The van der Waals surface area contributed by atoms with Crippen molar-refractivity contribution in [2.24, 2.45) is 17.8 Å². The zero-order valence-electron chi connectivity index (χ0n) is 22.3. The van der Waals surface area contributed by atoms with Crippen LogP contribution in [-0.2, 0) is 20.8 Å². The smallest absolute Gasteiger partial charge is 0.455 e. The van der Waals surface area contributed by atoms with E-state index < -0.39 is 13.0 Å². The normalized spacial score (nSPS) is 24.9. The number of nitrogens with zero attached hydrogens (tertiary/aromatic N) is 2. The molecule has 204 valence electrons. The lowest BCUT2D eigenvalue weighted by atomic mass is 9.58. The fourth-order valence-corrected chi connectivity index (χ4v) is 7.32. The molecule has 3 aliphatic rings. The topological polar surface area (TPSA) is 100.0 Å². The van der Waals surface area contributed by atoms with Crippen molar-refractivity contribution in [1.29, 1.82) is 0 Å². The third kappa shape index (κ3) is 5.17. The molecule has 2 N–H and O–H groups in total. The number of fused-ring (bicyclic) bond motifs is 3. The Bertz CT molecular complexity index is 1470. The van der Waals surface area contributed by atoms with Crippen molar-refractivity contribution in [3.63, 3.8) is 0 Å². The summed E-state index contributed by atoms with van der Waals surface area (Å²) >= 11 is 1.54. The third-order valence-corrected chi connectivity index (χ3v) is 9.18. The number of benzene rings is 1. The van der Waals surface area contributed by atoms with Crippen LogP contribution in [-0.4, -0.2) is 45.1 Å². The molecule has 0 spiro atoms. The zero-order chi connectivity index (χ0) is 27.8. The highest BCUT2D eigenvalue weighted by atomic mass is 32.1. The lowest BCUT2D eigenvalue weighted by Gasteiger charge is -2.42. The Balaban J connectivity index is 1.27. The SMILES string of the molecule is CC1=C2[C@@H](CC/C(=C/c3cccc(O)c3)c3ccccn3)OB(O)C[C@@H]2[C@@H]2C(=O)N(Cc3cccs3)C(=O)[C@@H]2C1. The minimum absolute atomic E-state index is 0.106. The minimum Gasteiger partial charge on any atom is -0.508 e. The van der Waals surface area contributed by atoms with Gasteiger partial charge in [-0.1, -0.05) is 29.8 Å². The van der Waals surface area contributed by atoms with Crippen molar-refractivity contribution in [3.05, 3.63) is 93.5 Å².